The quantitative estimate of drug-likeness (QED) is 0.709. The number of nitrogens with zero attached hydrogens (tertiary/aromatic N) is 2. The smallest absolute Gasteiger partial charge is 0.126 e. The molecule has 0 aliphatic carbocycles. The van der Waals surface area contributed by atoms with Crippen LogP contribution < -0.4 is 0 Å². The van der Waals surface area contributed by atoms with Crippen molar-refractivity contribution in [2.45, 2.75) is 13.5 Å². The molecular formula is C11H9BrFIN2. The number of rotatable bonds is 2. The predicted octanol–water partition coefficient (Wildman–Crippen LogP) is 3.75. The maximum atomic E-state index is 12.9. The second-order valence-electron chi connectivity index (χ2n) is 3.54. The molecule has 16 heavy (non-hydrogen) atoms. The highest BCUT2D eigenvalue weighted by atomic mass is 127. The van der Waals surface area contributed by atoms with Crippen LogP contribution in [0, 0.1) is 16.4 Å². The summed E-state index contributed by atoms with van der Waals surface area (Å²) in [5.74, 6) is -0.234. The molecule has 2 rings (SSSR count). The summed E-state index contributed by atoms with van der Waals surface area (Å²) in [7, 11) is 0. The van der Waals surface area contributed by atoms with Crippen molar-refractivity contribution in [2.24, 2.45) is 0 Å². The van der Waals surface area contributed by atoms with Gasteiger partial charge >= 0.3 is 0 Å². The fourth-order valence-electron chi connectivity index (χ4n) is 1.40. The van der Waals surface area contributed by atoms with Crippen molar-refractivity contribution in [3.05, 3.63) is 49.5 Å². The molecule has 1 heterocycles. The second-order valence-corrected chi connectivity index (χ2v) is 5.41. The lowest BCUT2D eigenvalue weighted by Crippen LogP contribution is -2.01. The number of aromatic nitrogens is 2. The van der Waals surface area contributed by atoms with Crippen molar-refractivity contribution < 1.29 is 4.39 Å². The Kier molecular flexibility index (Phi) is 3.63. The van der Waals surface area contributed by atoms with Gasteiger partial charge in [-0.25, -0.2) is 4.39 Å². The summed E-state index contributed by atoms with van der Waals surface area (Å²) in [4.78, 5) is 0. The summed E-state index contributed by atoms with van der Waals surface area (Å²) < 4.78 is 16.5. The Balaban J connectivity index is 2.27. The molecule has 0 atom stereocenters. The zero-order valence-corrected chi connectivity index (χ0v) is 12.3. The molecule has 0 saturated carbocycles. The highest BCUT2D eigenvalue weighted by Gasteiger charge is 2.05. The maximum absolute atomic E-state index is 12.9. The SMILES string of the molecule is Cc1cn(Cc2ccc(F)cc2Br)nc1I. The van der Waals surface area contributed by atoms with E-state index in [0.29, 0.717) is 6.54 Å². The van der Waals surface area contributed by atoms with Crippen molar-refractivity contribution in [3.63, 3.8) is 0 Å². The summed E-state index contributed by atoms with van der Waals surface area (Å²) >= 11 is 5.55. The maximum Gasteiger partial charge on any atom is 0.126 e. The molecule has 84 valence electrons. The lowest BCUT2D eigenvalue weighted by molar-refractivity contribution is 0.622. The largest absolute Gasteiger partial charge is 0.267 e. The standard InChI is InChI=1S/C11H9BrFIN2/c1-7-5-16(15-11(7)14)6-8-2-3-9(13)4-10(8)12/h2-5H,6H2,1H3. The number of hydrogen-bond acceptors (Lipinski definition) is 1. The van der Waals surface area contributed by atoms with Crippen LogP contribution in [0.3, 0.4) is 0 Å². The van der Waals surface area contributed by atoms with Gasteiger partial charge in [0.05, 0.1) is 6.54 Å². The van der Waals surface area contributed by atoms with Gasteiger partial charge in [-0.3, -0.25) is 4.68 Å². The molecule has 0 spiro atoms. The first-order valence-electron chi connectivity index (χ1n) is 4.70. The first-order valence-corrected chi connectivity index (χ1v) is 6.57. The van der Waals surface area contributed by atoms with Crippen LogP contribution in [0.15, 0.2) is 28.9 Å². The summed E-state index contributed by atoms with van der Waals surface area (Å²) in [5.41, 5.74) is 2.17. The van der Waals surface area contributed by atoms with Crippen molar-refractivity contribution in [1.82, 2.24) is 9.78 Å². The number of aryl methyl sites for hydroxylation is 1. The average molecular weight is 395 g/mol. The van der Waals surface area contributed by atoms with E-state index < -0.39 is 0 Å². The van der Waals surface area contributed by atoms with Crippen LogP contribution in [0.25, 0.3) is 0 Å². The summed E-state index contributed by atoms with van der Waals surface area (Å²) in [5, 5.41) is 4.36. The summed E-state index contributed by atoms with van der Waals surface area (Å²) in [6.45, 7) is 2.66. The van der Waals surface area contributed by atoms with E-state index in [-0.39, 0.29) is 5.82 Å². The van der Waals surface area contributed by atoms with E-state index in [1.54, 1.807) is 6.07 Å². The molecule has 0 unspecified atom stereocenters. The Hall–Kier alpha value is -0.430. The minimum absolute atomic E-state index is 0.234. The van der Waals surface area contributed by atoms with Crippen molar-refractivity contribution in [3.8, 4) is 0 Å². The molecule has 5 heteroatoms. The van der Waals surface area contributed by atoms with Gasteiger partial charge in [0.1, 0.15) is 9.52 Å². The molecule has 1 aromatic heterocycles. The van der Waals surface area contributed by atoms with Crippen molar-refractivity contribution in [1.29, 1.82) is 0 Å². The zero-order valence-electron chi connectivity index (χ0n) is 8.54. The highest BCUT2D eigenvalue weighted by molar-refractivity contribution is 14.1. The van der Waals surface area contributed by atoms with E-state index in [1.807, 2.05) is 17.8 Å². The van der Waals surface area contributed by atoms with Crippen LogP contribution in [0.4, 0.5) is 4.39 Å². The van der Waals surface area contributed by atoms with Gasteiger partial charge in [0.2, 0.25) is 0 Å². The van der Waals surface area contributed by atoms with Gasteiger partial charge < -0.3 is 0 Å². The topological polar surface area (TPSA) is 17.8 Å². The summed E-state index contributed by atoms with van der Waals surface area (Å²) in [6.07, 6.45) is 1.98. The van der Waals surface area contributed by atoms with E-state index in [1.165, 1.54) is 12.1 Å². The molecule has 0 fully saturated rings. The van der Waals surface area contributed by atoms with E-state index in [0.717, 1.165) is 19.3 Å². The molecule has 2 nitrogen and oxygen atoms in total. The fraction of sp³-hybridized carbons (Fsp3) is 0.182. The third kappa shape index (κ3) is 2.63. The number of hydrogen-bond donors (Lipinski definition) is 0. The molecule has 0 amide bonds. The molecule has 0 N–H and O–H groups in total. The molecule has 0 aliphatic rings. The van der Waals surface area contributed by atoms with Gasteiger partial charge in [-0.15, -0.1) is 0 Å². The van der Waals surface area contributed by atoms with Gasteiger partial charge in [-0.1, -0.05) is 22.0 Å². The van der Waals surface area contributed by atoms with E-state index in [4.69, 9.17) is 0 Å². The Morgan fingerprint density at radius 3 is 2.81 bits per heavy atom. The van der Waals surface area contributed by atoms with Crippen LogP contribution in [0.1, 0.15) is 11.1 Å². The van der Waals surface area contributed by atoms with Crippen LogP contribution in [-0.4, -0.2) is 9.78 Å². The minimum Gasteiger partial charge on any atom is -0.267 e. The molecule has 0 saturated heterocycles. The second kappa shape index (κ2) is 4.83. The minimum atomic E-state index is -0.234. The lowest BCUT2D eigenvalue weighted by Gasteiger charge is -2.04. The van der Waals surface area contributed by atoms with E-state index in [9.17, 15) is 4.39 Å². The fourth-order valence-corrected chi connectivity index (χ4v) is 2.30. The van der Waals surface area contributed by atoms with Crippen LogP contribution in [-0.2, 0) is 6.54 Å². The Labute approximate surface area is 115 Å². The van der Waals surface area contributed by atoms with Crippen molar-refractivity contribution >= 4 is 38.5 Å². The average Bonchev–Trinajstić information content (AvgIpc) is 2.51. The van der Waals surface area contributed by atoms with Gasteiger partial charge in [0, 0.05) is 16.2 Å². The van der Waals surface area contributed by atoms with Crippen LogP contribution >= 0.6 is 38.5 Å². The monoisotopic (exact) mass is 394 g/mol. The Morgan fingerprint density at radius 2 is 2.25 bits per heavy atom. The molecule has 0 bridgehead atoms. The third-order valence-corrected chi connectivity index (χ3v) is 4.04. The normalized spacial score (nSPS) is 10.8. The Morgan fingerprint density at radius 1 is 1.50 bits per heavy atom. The van der Waals surface area contributed by atoms with Gasteiger partial charge in [0.15, 0.2) is 0 Å². The molecule has 0 radical (unpaired) electrons. The molecule has 0 aliphatic heterocycles. The molecule has 1 aromatic carbocycles. The highest BCUT2D eigenvalue weighted by Crippen LogP contribution is 2.19. The lowest BCUT2D eigenvalue weighted by atomic mass is 10.2. The van der Waals surface area contributed by atoms with Gasteiger partial charge in [-0.2, -0.15) is 5.10 Å². The number of halogens is 3. The van der Waals surface area contributed by atoms with Gasteiger partial charge in [0.25, 0.3) is 0 Å². The third-order valence-electron chi connectivity index (χ3n) is 2.23. The summed E-state index contributed by atoms with van der Waals surface area (Å²) in [6, 6.07) is 4.70. The number of benzene rings is 1. The van der Waals surface area contributed by atoms with Crippen molar-refractivity contribution in [2.75, 3.05) is 0 Å². The van der Waals surface area contributed by atoms with Gasteiger partial charge in [-0.05, 0) is 47.2 Å². The molecular weight excluding hydrogens is 386 g/mol. The predicted molar refractivity (Wildman–Crippen MR) is 72.9 cm³/mol. The van der Waals surface area contributed by atoms with Crippen LogP contribution in [0.5, 0.6) is 0 Å². The molecule has 2 aromatic rings. The first-order chi connectivity index (χ1) is 7.56. The van der Waals surface area contributed by atoms with E-state index in [2.05, 4.69) is 43.6 Å². The van der Waals surface area contributed by atoms with Crippen LogP contribution in [0.2, 0.25) is 0 Å². The first kappa shape index (κ1) is 12.0. The zero-order chi connectivity index (χ0) is 11.7. The Bertz CT molecular complexity index is 505. The van der Waals surface area contributed by atoms with E-state index >= 15 is 0 Å².